The number of aromatic nitrogens is 2. The second-order valence-electron chi connectivity index (χ2n) is 8.42. The standard InChI is InChI=1S/C24H28N4O/c1-29-22-8-3-2-5-18(22)15-19-16-25-21-7-4-6-20(23(21)27-19)17-9-11-24(12-10-17)13-14-26-28-24/h2-8,16-17,26,28H,9-15H2,1H3. The van der Waals surface area contributed by atoms with Gasteiger partial charge in [0.1, 0.15) is 5.75 Å². The largest absolute Gasteiger partial charge is 0.496 e. The monoisotopic (exact) mass is 388 g/mol. The van der Waals surface area contributed by atoms with Crippen molar-refractivity contribution < 1.29 is 4.74 Å². The Hall–Kier alpha value is -2.50. The number of para-hydroxylation sites is 2. The molecule has 150 valence electrons. The second-order valence-corrected chi connectivity index (χ2v) is 8.42. The number of benzene rings is 2. The fourth-order valence-electron chi connectivity index (χ4n) is 5.02. The summed E-state index contributed by atoms with van der Waals surface area (Å²) in [7, 11) is 1.72. The van der Waals surface area contributed by atoms with Gasteiger partial charge in [-0.25, -0.2) is 4.98 Å². The van der Waals surface area contributed by atoms with Gasteiger partial charge in [-0.3, -0.25) is 15.8 Å². The highest BCUT2D eigenvalue weighted by atomic mass is 16.5. The maximum atomic E-state index is 5.51. The molecule has 0 bridgehead atoms. The van der Waals surface area contributed by atoms with Crippen molar-refractivity contribution in [3.8, 4) is 5.75 Å². The topological polar surface area (TPSA) is 59.1 Å². The molecule has 0 radical (unpaired) electrons. The lowest BCUT2D eigenvalue weighted by Gasteiger charge is -2.37. The lowest BCUT2D eigenvalue weighted by atomic mass is 9.73. The molecule has 2 N–H and O–H groups in total. The molecule has 3 aromatic rings. The first-order chi connectivity index (χ1) is 14.3. The summed E-state index contributed by atoms with van der Waals surface area (Å²) in [5.41, 5.74) is 12.7. The zero-order valence-electron chi connectivity index (χ0n) is 16.9. The number of nitrogens with one attached hydrogen (secondary N) is 2. The van der Waals surface area contributed by atoms with Gasteiger partial charge in [0, 0.05) is 30.3 Å². The summed E-state index contributed by atoms with van der Waals surface area (Å²) >= 11 is 0. The SMILES string of the molecule is COc1ccccc1Cc1cnc2cccc(C3CCC4(CCNN4)CC3)c2n1. The van der Waals surface area contributed by atoms with Crippen molar-refractivity contribution in [2.45, 2.75) is 50.0 Å². The van der Waals surface area contributed by atoms with Crippen molar-refractivity contribution in [2.75, 3.05) is 13.7 Å². The van der Waals surface area contributed by atoms with Gasteiger partial charge in [0.05, 0.1) is 23.8 Å². The number of fused-ring (bicyclic) bond motifs is 1. The molecule has 2 fully saturated rings. The van der Waals surface area contributed by atoms with Crippen LogP contribution in [0, 0.1) is 0 Å². The molecule has 5 rings (SSSR count). The van der Waals surface area contributed by atoms with E-state index in [0.29, 0.717) is 11.5 Å². The van der Waals surface area contributed by atoms with Gasteiger partial charge in [0.15, 0.2) is 0 Å². The Morgan fingerprint density at radius 2 is 1.93 bits per heavy atom. The third-order valence-corrected chi connectivity index (χ3v) is 6.68. The highest BCUT2D eigenvalue weighted by molar-refractivity contribution is 5.78. The van der Waals surface area contributed by atoms with E-state index in [9.17, 15) is 0 Å². The van der Waals surface area contributed by atoms with Crippen molar-refractivity contribution in [1.82, 2.24) is 20.8 Å². The van der Waals surface area contributed by atoms with Crippen molar-refractivity contribution in [2.24, 2.45) is 0 Å². The summed E-state index contributed by atoms with van der Waals surface area (Å²) in [6.45, 7) is 1.08. The van der Waals surface area contributed by atoms with Crippen LogP contribution in [0.25, 0.3) is 11.0 Å². The number of hydrazine groups is 1. The van der Waals surface area contributed by atoms with Crippen molar-refractivity contribution in [3.05, 3.63) is 65.5 Å². The van der Waals surface area contributed by atoms with E-state index in [4.69, 9.17) is 14.7 Å². The molecule has 1 aliphatic carbocycles. The molecule has 2 aliphatic rings. The van der Waals surface area contributed by atoms with Crippen LogP contribution in [0.5, 0.6) is 5.75 Å². The number of ether oxygens (including phenoxy) is 1. The third-order valence-electron chi connectivity index (χ3n) is 6.68. The minimum Gasteiger partial charge on any atom is -0.496 e. The molecule has 1 saturated heterocycles. The van der Waals surface area contributed by atoms with Gasteiger partial charge in [-0.2, -0.15) is 0 Å². The average Bonchev–Trinajstić information content (AvgIpc) is 3.22. The highest BCUT2D eigenvalue weighted by Crippen LogP contribution is 2.41. The van der Waals surface area contributed by atoms with E-state index >= 15 is 0 Å². The maximum Gasteiger partial charge on any atom is 0.122 e. The number of methoxy groups -OCH3 is 1. The first-order valence-corrected chi connectivity index (χ1v) is 10.6. The fraction of sp³-hybridized carbons (Fsp3) is 0.417. The quantitative estimate of drug-likeness (QED) is 0.704. The van der Waals surface area contributed by atoms with E-state index in [1.54, 1.807) is 7.11 Å². The van der Waals surface area contributed by atoms with Gasteiger partial charge in [-0.15, -0.1) is 0 Å². The zero-order chi connectivity index (χ0) is 19.7. The van der Waals surface area contributed by atoms with E-state index in [1.165, 1.54) is 37.7 Å². The molecule has 1 aromatic heterocycles. The predicted octanol–water partition coefficient (Wildman–Crippen LogP) is 4.12. The summed E-state index contributed by atoms with van der Waals surface area (Å²) in [5.74, 6) is 1.46. The summed E-state index contributed by atoms with van der Waals surface area (Å²) in [4.78, 5) is 9.80. The van der Waals surface area contributed by atoms with Crippen LogP contribution in [0.2, 0.25) is 0 Å². The number of rotatable bonds is 4. The molecule has 0 unspecified atom stereocenters. The van der Waals surface area contributed by atoms with Crippen molar-refractivity contribution >= 4 is 11.0 Å². The van der Waals surface area contributed by atoms with Crippen molar-refractivity contribution in [3.63, 3.8) is 0 Å². The van der Waals surface area contributed by atoms with Crippen molar-refractivity contribution in [1.29, 1.82) is 0 Å². The molecule has 29 heavy (non-hydrogen) atoms. The summed E-state index contributed by atoms with van der Waals surface area (Å²) in [5, 5.41) is 0. The lowest BCUT2D eigenvalue weighted by Crippen LogP contribution is -2.46. The minimum atomic E-state index is 0.307. The molecule has 2 aromatic carbocycles. The first-order valence-electron chi connectivity index (χ1n) is 10.6. The van der Waals surface area contributed by atoms with Gasteiger partial charge in [-0.05, 0) is 55.7 Å². The Labute approximate surface area is 171 Å². The van der Waals surface area contributed by atoms with Crippen LogP contribution in [0.4, 0.5) is 0 Å². The van der Waals surface area contributed by atoms with Crippen LogP contribution in [0.1, 0.15) is 54.8 Å². The molecule has 5 nitrogen and oxygen atoms in total. The Bertz CT molecular complexity index is 1000. The number of hydrogen-bond acceptors (Lipinski definition) is 5. The number of hydrogen-bond donors (Lipinski definition) is 2. The third kappa shape index (κ3) is 3.61. The van der Waals surface area contributed by atoms with Crippen LogP contribution in [-0.2, 0) is 6.42 Å². The number of nitrogens with zero attached hydrogens (tertiary/aromatic N) is 2. The first kappa shape index (κ1) is 18.5. The molecule has 1 aliphatic heterocycles. The van der Waals surface area contributed by atoms with E-state index in [2.05, 4.69) is 35.1 Å². The molecular weight excluding hydrogens is 360 g/mol. The molecule has 0 atom stereocenters. The Balaban J connectivity index is 1.43. The molecule has 1 spiro atoms. The van der Waals surface area contributed by atoms with Crippen LogP contribution in [-0.4, -0.2) is 29.2 Å². The molecule has 5 heteroatoms. The lowest BCUT2D eigenvalue weighted by molar-refractivity contribution is 0.235. The smallest absolute Gasteiger partial charge is 0.122 e. The predicted molar refractivity (Wildman–Crippen MR) is 115 cm³/mol. The summed E-state index contributed by atoms with van der Waals surface area (Å²) in [6.07, 6.45) is 8.70. The van der Waals surface area contributed by atoms with Crippen LogP contribution >= 0.6 is 0 Å². The van der Waals surface area contributed by atoms with E-state index in [0.717, 1.165) is 41.0 Å². The maximum absolute atomic E-state index is 5.51. The fourth-order valence-corrected chi connectivity index (χ4v) is 5.02. The highest BCUT2D eigenvalue weighted by Gasteiger charge is 2.38. The van der Waals surface area contributed by atoms with E-state index in [-0.39, 0.29) is 0 Å². The molecule has 0 amide bonds. The Kier molecular flexibility index (Phi) is 4.94. The van der Waals surface area contributed by atoms with Crippen LogP contribution < -0.4 is 15.6 Å². The summed E-state index contributed by atoms with van der Waals surface area (Å²) < 4.78 is 5.51. The normalized spacial score (nSPS) is 24.2. The van der Waals surface area contributed by atoms with Gasteiger partial charge in [0.25, 0.3) is 0 Å². The molecular formula is C24H28N4O. The van der Waals surface area contributed by atoms with E-state index < -0.39 is 0 Å². The van der Waals surface area contributed by atoms with Crippen LogP contribution in [0.3, 0.4) is 0 Å². The van der Waals surface area contributed by atoms with Gasteiger partial charge in [-0.1, -0.05) is 30.3 Å². The van der Waals surface area contributed by atoms with Crippen LogP contribution in [0.15, 0.2) is 48.7 Å². The average molecular weight is 389 g/mol. The summed E-state index contributed by atoms with van der Waals surface area (Å²) in [6, 6.07) is 14.6. The van der Waals surface area contributed by atoms with Gasteiger partial charge < -0.3 is 4.74 Å². The molecule has 2 heterocycles. The minimum absolute atomic E-state index is 0.307. The van der Waals surface area contributed by atoms with Gasteiger partial charge in [0.2, 0.25) is 0 Å². The zero-order valence-corrected chi connectivity index (χ0v) is 16.9. The Morgan fingerprint density at radius 1 is 1.07 bits per heavy atom. The van der Waals surface area contributed by atoms with Gasteiger partial charge >= 0.3 is 0 Å². The Morgan fingerprint density at radius 3 is 2.72 bits per heavy atom. The van der Waals surface area contributed by atoms with E-state index in [1.807, 2.05) is 24.4 Å². The molecule has 1 saturated carbocycles. The second kappa shape index (κ2) is 7.73.